The second-order valence-corrected chi connectivity index (χ2v) is 9.52. The molecule has 5 rings (SSSR count). The van der Waals surface area contributed by atoms with E-state index in [4.69, 9.17) is 9.84 Å². The van der Waals surface area contributed by atoms with Gasteiger partial charge in [-0.2, -0.15) is 5.10 Å². The summed E-state index contributed by atoms with van der Waals surface area (Å²) in [4.78, 5) is 18.0. The van der Waals surface area contributed by atoms with Gasteiger partial charge in [-0.05, 0) is 24.3 Å². The van der Waals surface area contributed by atoms with E-state index in [0.29, 0.717) is 37.8 Å². The van der Waals surface area contributed by atoms with Crippen LogP contribution in [-0.2, 0) is 25.5 Å². The Balaban J connectivity index is 1.71. The van der Waals surface area contributed by atoms with E-state index in [2.05, 4.69) is 0 Å². The Kier molecular flexibility index (Phi) is 5.11. The summed E-state index contributed by atoms with van der Waals surface area (Å²) in [7, 11) is 2.26. The van der Waals surface area contributed by atoms with E-state index < -0.39 is 10.8 Å². The fourth-order valence-electron chi connectivity index (χ4n) is 4.15. The summed E-state index contributed by atoms with van der Waals surface area (Å²) in [5.74, 6) is 0.193. The summed E-state index contributed by atoms with van der Waals surface area (Å²) in [6.45, 7) is 2.14. The van der Waals surface area contributed by atoms with E-state index in [0.717, 1.165) is 33.1 Å². The molecule has 2 aliphatic heterocycles. The summed E-state index contributed by atoms with van der Waals surface area (Å²) in [6.07, 6.45) is 0. The normalized spacial score (nSPS) is 17.7. The summed E-state index contributed by atoms with van der Waals surface area (Å²) in [6, 6.07) is 15.8. The Bertz CT molecular complexity index is 1170. The number of rotatable bonds is 3. The summed E-state index contributed by atoms with van der Waals surface area (Å²) in [5, 5.41) is 4.77. The molecule has 2 aromatic carbocycles. The van der Waals surface area contributed by atoms with Crippen molar-refractivity contribution in [3.63, 3.8) is 0 Å². The minimum absolute atomic E-state index is 0.119. The van der Waals surface area contributed by atoms with Crippen molar-refractivity contribution < 1.29 is 13.7 Å². The fraction of sp³-hybridized carbons (Fsp3) is 0.304. The maximum absolute atomic E-state index is 13.4. The van der Waals surface area contributed by atoms with Gasteiger partial charge in [-0.3, -0.25) is 4.79 Å². The van der Waals surface area contributed by atoms with Crippen molar-refractivity contribution in [2.24, 2.45) is 0 Å². The number of para-hydroxylation sites is 1. The van der Waals surface area contributed by atoms with Gasteiger partial charge in [0.05, 0.1) is 35.7 Å². The number of benzene rings is 2. The van der Waals surface area contributed by atoms with Crippen molar-refractivity contribution in [2.45, 2.75) is 10.6 Å². The molecule has 8 heteroatoms. The van der Waals surface area contributed by atoms with Crippen LogP contribution in [0.25, 0.3) is 16.9 Å². The highest BCUT2D eigenvalue weighted by atomic mass is 32.2. The maximum atomic E-state index is 13.4. The van der Waals surface area contributed by atoms with Gasteiger partial charge in [-0.15, -0.1) is 4.21 Å². The first kappa shape index (κ1) is 20.0. The average Bonchev–Trinajstić information content (AvgIpc) is 3.19. The lowest BCUT2D eigenvalue weighted by Crippen LogP contribution is -2.41. The molecule has 1 fully saturated rings. The van der Waals surface area contributed by atoms with Crippen LogP contribution < -0.4 is 4.90 Å². The zero-order chi connectivity index (χ0) is 21.5. The van der Waals surface area contributed by atoms with Gasteiger partial charge in [0, 0.05) is 38.9 Å². The molecule has 1 amide bonds. The molecule has 1 atom stereocenters. The molecule has 1 unspecified atom stereocenters. The first-order valence-electron chi connectivity index (χ1n) is 10.4. The molecule has 31 heavy (non-hydrogen) atoms. The van der Waals surface area contributed by atoms with Crippen molar-refractivity contribution in [2.75, 3.05) is 45.3 Å². The predicted molar refractivity (Wildman–Crippen MR) is 121 cm³/mol. The minimum Gasteiger partial charge on any atom is -0.378 e. The first-order valence-corrected chi connectivity index (χ1v) is 11.8. The van der Waals surface area contributed by atoms with E-state index in [-0.39, 0.29) is 5.91 Å². The van der Waals surface area contributed by atoms with Crippen LogP contribution in [0.5, 0.6) is 0 Å². The molecule has 0 N–H and O–H groups in total. The van der Waals surface area contributed by atoms with Gasteiger partial charge >= 0.3 is 0 Å². The number of anilines is 1. The largest absolute Gasteiger partial charge is 0.378 e. The molecule has 0 radical (unpaired) electrons. The summed E-state index contributed by atoms with van der Waals surface area (Å²) in [5.41, 5.74) is 4.78. The van der Waals surface area contributed by atoms with Crippen LogP contribution in [0.2, 0.25) is 0 Å². The van der Waals surface area contributed by atoms with Crippen LogP contribution >= 0.6 is 0 Å². The van der Waals surface area contributed by atoms with Crippen LogP contribution in [0.1, 0.15) is 16.1 Å². The number of nitrogens with zero attached hydrogens (tertiary/aromatic N) is 4. The molecular formula is C23H25N4O3S+. The number of amides is 1. The molecule has 1 saturated heterocycles. The second-order valence-electron chi connectivity index (χ2n) is 7.96. The molecular weight excluding hydrogens is 412 g/mol. The third-order valence-electron chi connectivity index (χ3n) is 5.81. The van der Waals surface area contributed by atoms with E-state index >= 15 is 0 Å². The topological polar surface area (TPSA) is 67.7 Å². The molecule has 1 aromatic heterocycles. The lowest BCUT2D eigenvalue weighted by atomic mass is 10.0. The molecule has 0 spiro atoms. The fourth-order valence-corrected chi connectivity index (χ4v) is 5.64. The summed E-state index contributed by atoms with van der Waals surface area (Å²) < 4.78 is 20.5. The van der Waals surface area contributed by atoms with E-state index in [1.54, 1.807) is 4.90 Å². The highest BCUT2D eigenvalue weighted by molar-refractivity contribution is 7.84. The number of morpholine rings is 1. The van der Waals surface area contributed by atoms with Crippen LogP contribution in [-0.4, -0.2) is 61.0 Å². The SMILES string of the molecule is CN(C)c1ccc2c(c1)[SH+](=O)Cc1c(C(=O)N3CCOCC3)nn(-c3ccccc3)c1-2. The van der Waals surface area contributed by atoms with E-state index in [1.807, 2.05) is 72.2 Å². The van der Waals surface area contributed by atoms with E-state index in [1.165, 1.54) is 0 Å². The van der Waals surface area contributed by atoms with Gasteiger partial charge in [0.25, 0.3) is 5.91 Å². The Morgan fingerprint density at radius 2 is 1.84 bits per heavy atom. The standard InChI is InChI=1S/C23H24N4O3S/c1-25(2)17-8-9-18-20(14-17)31(29)15-19-21(23(28)26-10-12-30-13-11-26)24-27(22(18)19)16-6-4-3-5-7-16/h3-9,14H,10-13,15H2,1-2H3/p+1. The van der Waals surface area contributed by atoms with Gasteiger partial charge in [-0.25, -0.2) is 4.68 Å². The Hall–Kier alpha value is -2.97. The zero-order valence-corrected chi connectivity index (χ0v) is 18.5. The number of hydrogen-bond donors (Lipinski definition) is 0. The van der Waals surface area contributed by atoms with Crippen molar-refractivity contribution in [1.82, 2.24) is 14.7 Å². The minimum atomic E-state index is -1.67. The number of fused-ring (bicyclic) bond motifs is 3. The molecule has 3 aromatic rings. The number of ether oxygens (including phenoxy) is 1. The molecule has 0 saturated carbocycles. The third kappa shape index (κ3) is 3.45. The van der Waals surface area contributed by atoms with Crippen LogP contribution in [0.3, 0.4) is 0 Å². The van der Waals surface area contributed by atoms with Crippen molar-refractivity contribution >= 4 is 22.4 Å². The van der Waals surface area contributed by atoms with Crippen molar-refractivity contribution in [3.8, 4) is 16.9 Å². The van der Waals surface area contributed by atoms with Gasteiger partial charge in [0.2, 0.25) is 0 Å². The quantitative estimate of drug-likeness (QED) is 0.466. The van der Waals surface area contributed by atoms with E-state index in [9.17, 15) is 9.00 Å². The molecule has 0 bridgehead atoms. The Labute approximate surface area is 183 Å². The smallest absolute Gasteiger partial charge is 0.275 e. The number of carbonyl (C=O) groups excluding carboxylic acids is 1. The highest BCUT2D eigenvalue weighted by Crippen LogP contribution is 2.40. The van der Waals surface area contributed by atoms with Crippen molar-refractivity contribution in [3.05, 3.63) is 59.8 Å². The lowest BCUT2D eigenvalue weighted by molar-refractivity contribution is 0.0298. The van der Waals surface area contributed by atoms with Crippen LogP contribution in [0.4, 0.5) is 5.69 Å². The first-order chi connectivity index (χ1) is 15.0. The Morgan fingerprint density at radius 1 is 1.10 bits per heavy atom. The number of hydrogen-bond acceptors (Lipinski definition) is 5. The third-order valence-corrected chi connectivity index (χ3v) is 7.32. The monoisotopic (exact) mass is 437 g/mol. The average molecular weight is 438 g/mol. The number of carbonyl (C=O) groups is 1. The number of aromatic nitrogens is 2. The molecule has 0 aliphatic carbocycles. The predicted octanol–water partition coefficient (Wildman–Crippen LogP) is 2.65. The second kappa shape index (κ2) is 7.94. The molecule has 2 aliphatic rings. The van der Waals surface area contributed by atoms with Gasteiger partial charge < -0.3 is 14.5 Å². The van der Waals surface area contributed by atoms with Gasteiger partial charge in [0.15, 0.2) is 10.6 Å². The number of thiol groups is 1. The summed E-state index contributed by atoms with van der Waals surface area (Å²) >= 11 is 0. The highest BCUT2D eigenvalue weighted by Gasteiger charge is 2.37. The zero-order valence-electron chi connectivity index (χ0n) is 17.6. The molecule has 160 valence electrons. The van der Waals surface area contributed by atoms with Gasteiger partial charge in [-0.1, -0.05) is 18.2 Å². The van der Waals surface area contributed by atoms with Crippen molar-refractivity contribution in [1.29, 1.82) is 0 Å². The Morgan fingerprint density at radius 3 is 2.55 bits per heavy atom. The van der Waals surface area contributed by atoms with Crippen LogP contribution in [0.15, 0.2) is 53.4 Å². The molecule has 3 heterocycles. The van der Waals surface area contributed by atoms with Gasteiger partial charge in [0.1, 0.15) is 16.6 Å². The maximum Gasteiger partial charge on any atom is 0.275 e. The van der Waals surface area contributed by atoms with Crippen LogP contribution in [0, 0.1) is 0 Å². The lowest BCUT2D eigenvalue weighted by Gasteiger charge is -2.26. The molecule has 7 nitrogen and oxygen atoms in total.